The Hall–Kier alpha value is -0.0100. The molecule has 0 aliphatic carbocycles. The van der Waals surface area contributed by atoms with Gasteiger partial charge in [0.05, 0.1) is 25.5 Å². The van der Waals surface area contributed by atoms with Crippen LogP contribution < -0.4 is 0 Å². The first-order chi connectivity index (χ1) is 11.8. The minimum Gasteiger partial charge on any atom is -0.373 e. The third kappa shape index (κ3) is 5.73. The van der Waals surface area contributed by atoms with Crippen molar-refractivity contribution in [3.63, 3.8) is 0 Å². The summed E-state index contributed by atoms with van der Waals surface area (Å²) in [6.07, 6.45) is 1.61. The van der Waals surface area contributed by atoms with Crippen LogP contribution in [0.25, 0.3) is 0 Å². The predicted molar refractivity (Wildman–Crippen MR) is 93.7 cm³/mol. The van der Waals surface area contributed by atoms with Crippen LogP contribution >= 0.6 is 7.60 Å². The number of fused-ring (bicyclic) bond motifs is 1. The van der Waals surface area contributed by atoms with Gasteiger partial charge in [-0.15, -0.1) is 0 Å². The zero-order valence-corrected chi connectivity index (χ0v) is 17.0. The summed E-state index contributed by atoms with van der Waals surface area (Å²) in [6.45, 7) is 10.8. The van der Waals surface area contributed by atoms with Crippen LogP contribution in [0.4, 0.5) is 0 Å². The van der Waals surface area contributed by atoms with E-state index in [1.165, 1.54) is 0 Å². The first-order valence-electron chi connectivity index (χ1n) is 9.35. The van der Waals surface area contributed by atoms with E-state index in [-0.39, 0.29) is 24.5 Å². The quantitative estimate of drug-likeness (QED) is 0.400. The summed E-state index contributed by atoms with van der Waals surface area (Å²) in [5.41, 5.74) is 0. The fourth-order valence-corrected chi connectivity index (χ4v) is 4.88. The molecule has 2 heterocycles. The van der Waals surface area contributed by atoms with Crippen LogP contribution in [0.3, 0.4) is 0 Å². The maximum atomic E-state index is 12.7. The van der Waals surface area contributed by atoms with Gasteiger partial charge in [-0.25, -0.2) is 0 Å². The molecule has 25 heavy (non-hydrogen) atoms. The maximum Gasteiger partial charge on any atom is 0.330 e. The molecule has 0 spiro atoms. The van der Waals surface area contributed by atoms with Gasteiger partial charge in [-0.1, -0.05) is 13.3 Å². The van der Waals surface area contributed by atoms with Gasteiger partial charge in [0.2, 0.25) is 0 Å². The summed E-state index contributed by atoms with van der Waals surface area (Å²) >= 11 is 0. The topological polar surface area (TPSA) is 72.5 Å². The molecule has 2 unspecified atom stereocenters. The van der Waals surface area contributed by atoms with Gasteiger partial charge in [0, 0.05) is 6.61 Å². The van der Waals surface area contributed by atoms with E-state index in [9.17, 15) is 4.57 Å². The Morgan fingerprint density at radius 3 is 2.36 bits per heavy atom. The Bertz CT molecular complexity index is 446. The lowest BCUT2D eigenvalue weighted by Crippen LogP contribution is -2.37. The Kier molecular flexibility index (Phi) is 7.89. The molecule has 2 fully saturated rings. The van der Waals surface area contributed by atoms with Crippen LogP contribution in [-0.4, -0.2) is 56.4 Å². The predicted octanol–water partition coefficient (Wildman–Crippen LogP) is 3.70. The number of ether oxygens (including phenoxy) is 4. The molecule has 0 radical (unpaired) electrons. The standard InChI is InChI=1S/C17H33O7P/c1-6-9-11-19-14-13(10-12-25(18,20-7-2)21-8-3)22-16-15(14)23-17(4,5)24-16/h13-16H,6-12H2,1-5H3/t13-,14?,15?,16-/m1/s1. The molecule has 0 saturated carbocycles. The molecule has 2 rings (SSSR count). The van der Waals surface area contributed by atoms with E-state index in [1.807, 2.05) is 27.7 Å². The highest BCUT2D eigenvalue weighted by atomic mass is 31.2. The zero-order valence-electron chi connectivity index (χ0n) is 16.1. The number of unbranched alkanes of at least 4 members (excludes halogenated alkanes) is 1. The summed E-state index contributed by atoms with van der Waals surface area (Å²) in [4.78, 5) is 0. The van der Waals surface area contributed by atoms with Gasteiger partial charge in [0.1, 0.15) is 12.2 Å². The Balaban J connectivity index is 1.99. The molecule has 4 atom stereocenters. The summed E-state index contributed by atoms with van der Waals surface area (Å²) in [5, 5.41) is 0. The van der Waals surface area contributed by atoms with Gasteiger partial charge in [-0.05, 0) is 40.5 Å². The van der Waals surface area contributed by atoms with Gasteiger partial charge < -0.3 is 28.0 Å². The molecule has 0 N–H and O–H groups in total. The van der Waals surface area contributed by atoms with Crippen molar-refractivity contribution in [1.29, 1.82) is 0 Å². The normalized spacial score (nSPS) is 31.4. The van der Waals surface area contributed by atoms with E-state index in [4.69, 9.17) is 28.0 Å². The summed E-state index contributed by atoms with van der Waals surface area (Å²) in [7, 11) is -3.10. The lowest BCUT2D eigenvalue weighted by atomic mass is 10.1. The van der Waals surface area contributed by atoms with Crippen molar-refractivity contribution in [3.8, 4) is 0 Å². The van der Waals surface area contributed by atoms with Crippen molar-refractivity contribution in [2.24, 2.45) is 0 Å². The number of hydrogen-bond donors (Lipinski definition) is 0. The molecule has 148 valence electrons. The van der Waals surface area contributed by atoms with Crippen molar-refractivity contribution in [3.05, 3.63) is 0 Å². The van der Waals surface area contributed by atoms with Crippen LogP contribution in [0, 0.1) is 0 Å². The molecule has 2 aliphatic heterocycles. The highest BCUT2D eigenvalue weighted by molar-refractivity contribution is 7.53. The lowest BCUT2D eigenvalue weighted by Gasteiger charge is -2.27. The van der Waals surface area contributed by atoms with Crippen molar-refractivity contribution >= 4 is 7.60 Å². The average molecular weight is 380 g/mol. The van der Waals surface area contributed by atoms with Gasteiger partial charge >= 0.3 is 7.60 Å². The van der Waals surface area contributed by atoms with E-state index in [2.05, 4.69) is 6.92 Å². The molecule has 2 saturated heterocycles. The fraction of sp³-hybridized carbons (Fsp3) is 1.00. The molecular formula is C17H33O7P. The summed E-state index contributed by atoms with van der Waals surface area (Å²) in [5.74, 6) is -0.682. The van der Waals surface area contributed by atoms with Crippen LogP contribution in [0.2, 0.25) is 0 Å². The third-order valence-electron chi connectivity index (χ3n) is 4.23. The van der Waals surface area contributed by atoms with Crippen LogP contribution in [-0.2, 0) is 32.6 Å². The van der Waals surface area contributed by atoms with Crippen LogP contribution in [0.15, 0.2) is 0 Å². The minimum atomic E-state index is -3.10. The Morgan fingerprint density at radius 2 is 1.76 bits per heavy atom. The third-order valence-corrected chi connectivity index (χ3v) is 6.34. The van der Waals surface area contributed by atoms with Crippen molar-refractivity contribution in [2.45, 2.75) is 84.3 Å². The monoisotopic (exact) mass is 380 g/mol. The number of rotatable bonds is 11. The van der Waals surface area contributed by atoms with E-state index < -0.39 is 19.7 Å². The van der Waals surface area contributed by atoms with Gasteiger partial charge in [-0.2, -0.15) is 0 Å². The Morgan fingerprint density at radius 1 is 1.08 bits per heavy atom. The van der Waals surface area contributed by atoms with Crippen molar-refractivity contribution in [1.82, 2.24) is 0 Å². The SMILES string of the molecule is CCCCOC1C2OC(C)(C)O[C@H]2O[C@@H]1CCP(=O)(OCC)OCC. The molecule has 0 aromatic carbocycles. The van der Waals surface area contributed by atoms with Gasteiger partial charge in [-0.3, -0.25) is 4.57 Å². The van der Waals surface area contributed by atoms with E-state index in [0.717, 1.165) is 12.8 Å². The smallest absolute Gasteiger partial charge is 0.330 e. The fourth-order valence-electron chi connectivity index (χ4n) is 3.19. The largest absolute Gasteiger partial charge is 0.373 e. The van der Waals surface area contributed by atoms with Crippen LogP contribution in [0.1, 0.15) is 53.9 Å². The molecule has 2 aliphatic rings. The first kappa shape index (κ1) is 21.3. The molecule has 7 nitrogen and oxygen atoms in total. The molecular weight excluding hydrogens is 347 g/mol. The summed E-state index contributed by atoms with van der Waals surface area (Å²) < 4.78 is 47.3. The van der Waals surface area contributed by atoms with E-state index >= 15 is 0 Å². The van der Waals surface area contributed by atoms with E-state index in [0.29, 0.717) is 26.2 Å². The van der Waals surface area contributed by atoms with E-state index in [1.54, 1.807) is 0 Å². The zero-order chi connectivity index (χ0) is 18.5. The summed E-state index contributed by atoms with van der Waals surface area (Å²) in [6, 6.07) is 0. The first-order valence-corrected chi connectivity index (χ1v) is 11.1. The Labute approximate surface area is 151 Å². The second-order valence-electron chi connectivity index (χ2n) is 6.79. The van der Waals surface area contributed by atoms with Gasteiger partial charge in [0.15, 0.2) is 12.1 Å². The minimum absolute atomic E-state index is 0.241. The highest BCUT2D eigenvalue weighted by Crippen LogP contribution is 2.50. The number of hydrogen-bond acceptors (Lipinski definition) is 7. The lowest BCUT2D eigenvalue weighted by molar-refractivity contribution is -0.218. The second kappa shape index (κ2) is 9.27. The highest BCUT2D eigenvalue weighted by Gasteiger charge is 2.55. The van der Waals surface area contributed by atoms with Crippen molar-refractivity contribution in [2.75, 3.05) is 26.0 Å². The molecule has 8 heteroatoms. The van der Waals surface area contributed by atoms with Crippen LogP contribution in [0.5, 0.6) is 0 Å². The average Bonchev–Trinajstić information content (AvgIpc) is 2.98. The molecule has 0 aromatic heterocycles. The van der Waals surface area contributed by atoms with Gasteiger partial charge in [0.25, 0.3) is 0 Å². The molecule has 0 bridgehead atoms. The van der Waals surface area contributed by atoms with Crippen molar-refractivity contribution < 1.29 is 32.6 Å². The second-order valence-corrected chi connectivity index (χ2v) is 8.98. The molecule has 0 aromatic rings. The maximum absolute atomic E-state index is 12.7. The molecule has 0 amide bonds.